The van der Waals surface area contributed by atoms with Crippen molar-refractivity contribution in [3.63, 3.8) is 0 Å². The third-order valence-electron chi connectivity index (χ3n) is 6.02. The highest BCUT2D eigenvalue weighted by Crippen LogP contribution is 2.42. The normalized spacial score (nSPS) is 23.4. The fourth-order valence-corrected chi connectivity index (χ4v) is 4.57. The molecule has 0 aromatic rings. The van der Waals surface area contributed by atoms with E-state index in [9.17, 15) is 0 Å². The van der Waals surface area contributed by atoms with Crippen molar-refractivity contribution in [2.24, 2.45) is 17.8 Å². The zero-order valence-electron chi connectivity index (χ0n) is 13.4. The van der Waals surface area contributed by atoms with Crippen molar-refractivity contribution >= 4 is 0 Å². The Morgan fingerprint density at radius 2 is 1.32 bits per heavy atom. The highest BCUT2D eigenvalue weighted by molar-refractivity contribution is 4.87. The zero-order valence-corrected chi connectivity index (χ0v) is 13.4. The molecule has 0 heteroatoms. The first-order valence-corrected chi connectivity index (χ1v) is 9.12. The van der Waals surface area contributed by atoms with Gasteiger partial charge in [-0.1, -0.05) is 84.5 Å². The molecule has 2 fully saturated rings. The molecule has 2 saturated carbocycles. The quantitative estimate of drug-likeness (QED) is 0.510. The standard InChI is InChI=1S/C19H35/c1-3-16(2)14-15-19(17-10-6-4-7-11-17)18-12-8-5-9-13-18/h17-19H,3-15H2,1-2H3. The molecule has 0 nitrogen and oxygen atoms in total. The van der Waals surface area contributed by atoms with Gasteiger partial charge in [0, 0.05) is 0 Å². The Kier molecular flexibility index (Phi) is 6.74. The molecule has 0 aliphatic heterocycles. The lowest BCUT2D eigenvalue weighted by molar-refractivity contribution is 0.133. The highest BCUT2D eigenvalue weighted by Gasteiger charge is 2.31. The lowest BCUT2D eigenvalue weighted by Gasteiger charge is -2.38. The van der Waals surface area contributed by atoms with Crippen LogP contribution in [0.1, 0.15) is 97.3 Å². The molecule has 0 spiro atoms. The summed E-state index contributed by atoms with van der Waals surface area (Å²) in [6.45, 7) is 4.70. The molecule has 2 rings (SSSR count). The molecule has 0 bridgehead atoms. The van der Waals surface area contributed by atoms with Crippen molar-refractivity contribution < 1.29 is 0 Å². The molecule has 2 aliphatic carbocycles. The summed E-state index contributed by atoms with van der Waals surface area (Å²) < 4.78 is 0. The summed E-state index contributed by atoms with van der Waals surface area (Å²) >= 11 is 0. The largest absolute Gasteiger partial charge is 0.0648 e. The Morgan fingerprint density at radius 3 is 1.74 bits per heavy atom. The summed E-state index contributed by atoms with van der Waals surface area (Å²) in [5.41, 5.74) is 0. The third-order valence-corrected chi connectivity index (χ3v) is 6.02. The lowest BCUT2D eigenvalue weighted by Crippen LogP contribution is -2.27. The van der Waals surface area contributed by atoms with Crippen molar-refractivity contribution in [2.75, 3.05) is 0 Å². The maximum atomic E-state index is 2.37. The van der Waals surface area contributed by atoms with E-state index >= 15 is 0 Å². The predicted octanol–water partition coefficient (Wildman–Crippen LogP) is 6.55. The van der Waals surface area contributed by atoms with E-state index < -0.39 is 0 Å². The second kappa shape index (κ2) is 8.32. The first-order chi connectivity index (χ1) is 9.31. The van der Waals surface area contributed by atoms with E-state index in [1.807, 2.05) is 0 Å². The first-order valence-electron chi connectivity index (χ1n) is 9.12. The molecule has 2 aliphatic rings. The highest BCUT2D eigenvalue weighted by atomic mass is 14.4. The molecule has 0 amide bonds. The second-order valence-corrected chi connectivity index (χ2v) is 7.31. The predicted molar refractivity (Wildman–Crippen MR) is 85.1 cm³/mol. The Labute approximate surface area is 121 Å². The monoisotopic (exact) mass is 263 g/mol. The van der Waals surface area contributed by atoms with E-state index in [2.05, 4.69) is 13.8 Å². The van der Waals surface area contributed by atoms with Crippen molar-refractivity contribution in [3.8, 4) is 0 Å². The summed E-state index contributed by atoms with van der Waals surface area (Å²) in [7, 11) is 0. The molecule has 19 heavy (non-hydrogen) atoms. The Morgan fingerprint density at radius 1 is 0.842 bits per heavy atom. The fraction of sp³-hybridized carbons (Fsp3) is 0.947. The van der Waals surface area contributed by atoms with Crippen LogP contribution in [0.2, 0.25) is 0 Å². The van der Waals surface area contributed by atoms with Gasteiger partial charge in [0.25, 0.3) is 0 Å². The van der Waals surface area contributed by atoms with Crippen LogP contribution in [0.25, 0.3) is 0 Å². The average molecular weight is 263 g/mol. The van der Waals surface area contributed by atoms with Gasteiger partial charge in [0.1, 0.15) is 0 Å². The van der Waals surface area contributed by atoms with E-state index in [4.69, 9.17) is 0 Å². The number of rotatable bonds is 6. The summed E-state index contributed by atoms with van der Waals surface area (Å²) in [5, 5.41) is 0. The van der Waals surface area contributed by atoms with Crippen molar-refractivity contribution in [2.45, 2.75) is 97.3 Å². The van der Waals surface area contributed by atoms with Gasteiger partial charge in [-0.3, -0.25) is 0 Å². The van der Waals surface area contributed by atoms with Gasteiger partial charge >= 0.3 is 0 Å². The van der Waals surface area contributed by atoms with Crippen LogP contribution in [0.5, 0.6) is 0 Å². The van der Waals surface area contributed by atoms with E-state index in [1.54, 1.807) is 31.6 Å². The molecular weight excluding hydrogens is 228 g/mol. The van der Waals surface area contributed by atoms with Gasteiger partial charge in [0.2, 0.25) is 0 Å². The summed E-state index contributed by atoms with van der Waals surface area (Å²) in [4.78, 5) is 0. The molecule has 0 unspecified atom stereocenters. The first kappa shape index (κ1) is 15.4. The van der Waals surface area contributed by atoms with Gasteiger partial charge in [-0.2, -0.15) is 0 Å². The molecule has 0 atom stereocenters. The average Bonchev–Trinajstić information content (AvgIpc) is 2.49. The lowest BCUT2D eigenvalue weighted by atomic mass is 9.67. The topological polar surface area (TPSA) is 0 Å². The van der Waals surface area contributed by atoms with Gasteiger partial charge < -0.3 is 0 Å². The molecule has 111 valence electrons. The molecule has 0 saturated heterocycles. The Balaban J connectivity index is 1.90. The van der Waals surface area contributed by atoms with Crippen LogP contribution in [0.3, 0.4) is 0 Å². The van der Waals surface area contributed by atoms with Crippen LogP contribution >= 0.6 is 0 Å². The van der Waals surface area contributed by atoms with Crippen LogP contribution in [0, 0.1) is 23.7 Å². The van der Waals surface area contributed by atoms with E-state index in [-0.39, 0.29) is 0 Å². The maximum absolute atomic E-state index is 2.37. The third kappa shape index (κ3) is 4.80. The molecule has 0 aromatic heterocycles. The molecule has 0 N–H and O–H groups in total. The molecule has 0 aromatic carbocycles. The maximum Gasteiger partial charge on any atom is -0.0275 e. The van der Waals surface area contributed by atoms with Gasteiger partial charge in [-0.15, -0.1) is 0 Å². The Hall–Kier alpha value is 0. The molecule has 0 heterocycles. The van der Waals surface area contributed by atoms with Gasteiger partial charge in [-0.25, -0.2) is 0 Å². The van der Waals surface area contributed by atoms with Crippen molar-refractivity contribution in [1.82, 2.24) is 0 Å². The minimum Gasteiger partial charge on any atom is -0.0648 e. The smallest absolute Gasteiger partial charge is 0.0275 e. The van der Waals surface area contributed by atoms with Crippen LogP contribution in [0.4, 0.5) is 0 Å². The van der Waals surface area contributed by atoms with Crippen molar-refractivity contribution in [3.05, 3.63) is 5.92 Å². The summed E-state index contributed by atoms with van der Waals surface area (Å²) in [6, 6.07) is 0. The minimum absolute atomic E-state index is 1.07. The second-order valence-electron chi connectivity index (χ2n) is 7.31. The van der Waals surface area contributed by atoms with Gasteiger partial charge in [0.05, 0.1) is 0 Å². The summed E-state index contributed by atoms with van der Waals surface area (Å²) in [6.07, 6.45) is 19.5. The van der Waals surface area contributed by atoms with Crippen LogP contribution in [0.15, 0.2) is 0 Å². The van der Waals surface area contributed by atoms with E-state index in [1.165, 1.54) is 57.8 Å². The van der Waals surface area contributed by atoms with Crippen LogP contribution in [-0.4, -0.2) is 0 Å². The Bertz CT molecular complexity index is 202. The number of hydrogen-bond donors (Lipinski definition) is 0. The van der Waals surface area contributed by atoms with Crippen LogP contribution in [-0.2, 0) is 0 Å². The van der Waals surface area contributed by atoms with Gasteiger partial charge in [-0.05, 0) is 36.5 Å². The fourth-order valence-electron chi connectivity index (χ4n) is 4.57. The van der Waals surface area contributed by atoms with E-state index in [0.29, 0.717) is 0 Å². The SMILES string of the molecule is CC[C](C)CCC(C1CCCCC1)C1CCCCC1. The molecular formula is C19H35. The van der Waals surface area contributed by atoms with Crippen molar-refractivity contribution in [1.29, 1.82) is 0 Å². The summed E-state index contributed by atoms with van der Waals surface area (Å²) in [5.74, 6) is 4.97. The van der Waals surface area contributed by atoms with Gasteiger partial charge in [0.15, 0.2) is 0 Å². The zero-order chi connectivity index (χ0) is 13.5. The minimum atomic E-state index is 1.07. The molecule has 1 radical (unpaired) electrons. The van der Waals surface area contributed by atoms with E-state index in [0.717, 1.165) is 17.8 Å². The number of hydrogen-bond acceptors (Lipinski definition) is 0. The van der Waals surface area contributed by atoms with Crippen LogP contribution < -0.4 is 0 Å².